The Morgan fingerprint density at radius 1 is 1.17 bits per heavy atom. The number of benzene rings is 1. The van der Waals surface area contributed by atoms with Gasteiger partial charge in [-0.2, -0.15) is 0 Å². The molecule has 0 aliphatic carbocycles. The topological polar surface area (TPSA) is 101 Å². The monoisotopic (exact) mass is 329 g/mol. The number of ether oxygens (including phenoxy) is 1. The highest BCUT2D eigenvalue weighted by molar-refractivity contribution is 5.92. The summed E-state index contributed by atoms with van der Waals surface area (Å²) in [6.07, 6.45) is 0.856. The van der Waals surface area contributed by atoms with Crippen LogP contribution in [0.5, 0.6) is 5.88 Å². The van der Waals surface area contributed by atoms with E-state index < -0.39 is 11.9 Å². The van der Waals surface area contributed by atoms with E-state index >= 15 is 0 Å². The van der Waals surface area contributed by atoms with E-state index in [4.69, 9.17) is 9.84 Å². The number of nitrogens with zero attached hydrogens (tertiary/aromatic N) is 2. The molecular weight excluding hydrogens is 310 g/mol. The first-order chi connectivity index (χ1) is 11.6. The van der Waals surface area contributed by atoms with E-state index in [0.29, 0.717) is 18.7 Å². The summed E-state index contributed by atoms with van der Waals surface area (Å²) in [7, 11) is 1.46. The maximum absolute atomic E-state index is 12.3. The molecule has 24 heavy (non-hydrogen) atoms. The quantitative estimate of drug-likeness (QED) is 0.764. The Morgan fingerprint density at radius 3 is 2.50 bits per heavy atom. The summed E-state index contributed by atoms with van der Waals surface area (Å²) in [5.74, 6) is -0.971. The summed E-state index contributed by atoms with van der Waals surface area (Å²) in [6.45, 7) is 0. The number of rotatable bonds is 8. The molecular formula is C17H19N3O4. The molecule has 1 atom stereocenters. The normalized spacial score (nSPS) is 11.5. The Hall–Kier alpha value is -2.96. The Morgan fingerprint density at radius 2 is 1.92 bits per heavy atom. The van der Waals surface area contributed by atoms with Crippen LogP contribution in [-0.4, -0.2) is 40.3 Å². The number of carbonyl (C=O) groups is 2. The lowest BCUT2D eigenvalue weighted by atomic mass is 10.0. The molecule has 0 saturated heterocycles. The molecule has 7 heteroatoms. The fraction of sp³-hybridized carbons (Fsp3) is 0.294. The molecule has 1 amide bonds. The van der Waals surface area contributed by atoms with E-state index in [-0.39, 0.29) is 18.2 Å². The Labute approximate surface area is 139 Å². The minimum Gasteiger partial charge on any atom is -0.481 e. The fourth-order valence-electron chi connectivity index (χ4n) is 2.23. The van der Waals surface area contributed by atoms with Gasteiger partial charge in [0.1, 0.15) is 0 Å². The fourth-order valence-corrected chi connectivity index (χ4v) is 2.23. The van der Waals surface area contributed by atoms with Crippen LogP contribution in [0.25, 0.3) is 0 Å². The van der Waals surface area contributed by atoms with E-state index in [0.717, 1.165) is 5.56 Å². The third kappa shape index (κ3) is 5.35. The third-order valence-corrected chi connectivity index (χ3v) is 3.45. The summed E-state index contributed by atoms with van der Waals surface area (Å²) in [5, 5.41) is 19.3. The number of carboxylic acids is 1. The first-order valence-electron chi connectivity index (χ1n) is 7.53. The molecule has 0 bridgehead atoms. The Balaban J connectivity index is 2.04. The van der Waals surface area contributed by atoms with E-state index in [2.05, 4.69) is 15.5 Å². The first-order valence-corrected chi connectivity index (χ1v) is 7.53. The van der Waals surface area contributed by atoms with Gasteiger partial charge in [0, 0.05) is 18.5 Å². The molecule has 0 spiro atoms. The number of aliphatic carboxylic acids is 1. The number of hydrogen-bond donors (Lipinski definition) is 2. The third-order valence-electron chi connectivity index (χ3n) is 3.45. The number of aromatic nitrogens is 2. The minimum atomic E-state index is -0.897. The SMILES string of the molecule is COc1ccc(C(=O)NC(CCC(=O)O)Cc2ccccc2)nn1. The van der Waals surface area contributed by atoms with Crippen molar-refractivity contribution in [1.29, 1.82) is 0 Å². The van der Waals surface area contributed by atoms with Crippen LogP contribution in [-0.2, 0) is 11.2 Å². The highest BCUT2D eigenvalue weighted by atomic mass is 16.5. The highest BCUT2D eigenvalue weighted by Gasteiger charge is 2.17. The summed E-state index contributed by atoms with van der Waals surface area (Å²) in [6, 6.07) is 12.3. The molecule has 2 rings (SSSR count). The standard InChI is InChI=1S/C17H19N3O4/c1-24-15-9-8-14(19-20-15)17(23)18-13(7-10-16(21)22)11-12-5-3-2-4-6-12/h2-6,8-9,13H,7,10-11H2,1H3,(H,18,23)(H,21,22). The Bertz CT molecular complexity index is 674. The van der Waals surface area contributed by atoms with E-state index in [9.17, 15) is 9.59 Å². The zero-order chi connectivity index (χ0) is 17.4. The van der Waals surface area contributed by atoms with Crippen LogP contribution in [0.15, 0.2) is 42.5 Å². The number of amides is 1. The summed E-state index contributed by atoms with van der Waals surface area (Å²) >= 11 is 0. The Kier molecular flexibility index (Phi) is 6.24. The summed E-state index contributed by atoms with van der Waals surface area (Å²) < 4.78 is 4.90. The second-order valence-corrected chi connectivity index (χ2v) is 5.25. The lowest BCUT2D eigenvalue weighted by Crippen LogP contribution is -2.37. The van der Waals surface area contributed by atoms with Crippen molar-refractivity contribution in [2.75, 3.05) is 7.11 Å². The van der Waals surface area contributed by atoms with Crippen molar-refractivity contribution in [3.05, 3.63) is 53.7 Å². The number of hydrogen-bond acceptors (Lipinski definition) is 5. The average Bonchev–Trinajstić information content (AvgIpc) is 2.60. The predicted octanol–water partition coefficient (Wildman–Crippen LogP) is 1.69. The van der Waals surface area contributed by atoms with Crippen LogP contribution >= 0.6 is 0 Å². The molecule has 1 heterocycles. The van der Waals surface area contributed by atoms with Crippen LogP contribution in [0.3, 0.4) is 0 Å². The lowest BCUT2D eigenvalue weighted by molar-refractivity contribution is -0.137. The predicted molar refractivity (Wildman–Crippen MR) is 86.9 cm³/mol. The van der Waals surface area contributed by atoms with Gasteiger partial charge in [-0.3, -0.25) is 9.59 Å². The van der Waals surface area contributed by atoms with Gasteiger partial charge >= 0.3 is 5.97 Å². The van der Waals surface area contributed by atoms with Crippen molar-refractivity contribution in [3.8, 4) is 5.88 Å². The van der Waals surface area contributed by atoms with E-state index in [1.165, 1.54) is 13.2 Å². The number of carbonyl (C=O) groups excluding carboxylic acids is 1. The van der Waals surface area contributed by atoms with Gasteiger partial charge in [-0.15, -0.1) is 10.2 Å². The molecule has 2 N–H and O–H groups in total. The van der Waals surface area contributed by atoms with Gasteiger partial charge < -0.3 is 15.2 Å². The van der Waals surface area contributed by atoms with E-state index in [1.54, 1.807) is 6.07 Å². The molecule has 0 fully saturated rings. The molecule has 126 valence electrons. The number of nitrogens with one attached hydrogen (secondary N) is 1. The van der Waals surface area contributed by atoms with Crippen molar-refractivity contribution < 1.29 is 19.4 Å². The molecule has 2 aromatic rings. The van der Waals surface area contributed by atoms with Crippen molar-refractivity contribution in [2.45, 2.75) is 25.3 Å². The molecule has 0 saturated carbocycles. The summed E-state index contributed by atoms with van der Waals surface area (Å²) in [4.78, 5) is 23.1. The van der Waals surface area contributed by atoms with Gasteiger partial charge in [-0.25, -0.2) is 0 Å². The van der Waals surface area contributed by atoms with Crippen molar-refractivity contribution in [1.82, 2.24) is 15.5 Å². The molecule has 0 radical (unpaired) electrons. The van der Waals surface area contributed by atoms with Gasteiger partial charge in [0.05, 0.1) is 7.11 Å². The smallest absolute Gasteiger partial charge is 0.303 e. The zero-order valence-electron chi connectivity index (χ0n) is 13.3. The van der Waals surface area contributed by atoms with Crippen LogP contribution in [0, 0.1) is 0 Å². The van der Waals surface area contributed by atoms with Crippen LogP contribution in [0.2, 0.25) is 0 Å². The van der Waals surface area contributed by atoms with Gasteiger partial charge in [-0.1, -0.05) is 30.3 Å². The van der Waals surface area contributed by atoms with E-state index in [1.807, 2.05) is 30.3 Å². The van der Waals surface area contributed by atoms with Crippen molar-refractivity contribution >= 4 is 11.9 Å². The van der Waals surface area contributed by atoms with Crippen LogP contribution in [0.4, 0.5) is 0 Å². The molecule has 1 aromatic carbocycles. The number of methoxy groups -OCH3 is 1. The largest absolute Gasteiger partial charge is 0.481 e. The average molecular weight is 329 g/mol. The minimum absolute atomic E-state index is 0.0218. The maximum atomic E-state index is 12.3. The molecule has 1 unspecified atom stereocenters. The molecule has 0 aliphatic heterocycles. The van der Waals surface area contributed by atoms with Gasteiger partial charge in [0.2, 0.25) is 5.88 Å². The van der Waals surface area contributed by atoms with Gasteiger partial charge in [0.25, 0.3) is 5.91 Å². The number of carboxylic acid groups (broad SMARTS) is 1. The molecule has 7 nitrogen and oxygen atoms in total. The highest BCUT2D eigenvalue weighted by Crippen LogP contribution is 2.10. The van der Waals surface area contributed by atoms with Crippen molar-refractivity contribution in [2.24, 2.45) is 0 Å². The lowest BCUT2D eigenvalue weighted by Gasteiger charge is -2.18. The molecule has 1 aromatic heterocycles. The second-order valence-electron chi connectivity index (χ2n) is 5.25. The van der Waals surface area contributed by atoms with Gasteiger partial charge in [-0.05, 0) is 24.5 Å². The van der Waals surface area contributed by atoms with Gasteiger partial charge in [0.15, 0.2) is 5.69 Å². The van der Waals surface area contributed by atoms with Crippen LogP contribution in [0.1, 0.15) is 28.9 Å². The van der Waals surface area contributed by atoms with Crippen molar-refractivity contribution in [3.63, 3.8) is 0 Å². The summed E-state index contributed by atoms with van der Waals surface area (Å²) in [5.41, 5.74) is 1.18. The second kappa shape index (κ2) is 8.61. The maximum Gasteiger partial charge on any atom is 0.303 e. The first kappa shape index (κ1) is 17.4. The zero-order valence-corrected chi connectivity index (χ0v) is 13.3. The van der Waals surface area contributed by atoms with Crippen LogP contribution < -0.4 is 10.1 Å². The molecule has 0 aliphatic rings.